The zero-order valence-electron chi connectivity index (χ0n) is 10.1. The molecule has 2 aromatic rings. The fourth-order valence-electron chi connectivity index (χ4n) is 1.71. The molecular weight excluding hydrogens is 361 g/mol. The quantitative estimate of drug-likeness (QED) is 0.604. The maximum atomic E-state index is 9.71. The molecule has 0 aliphatic rings. The molecule has 0 saturated heterocycles. The van der Waals surface area contributed by atoms with E-state index in [0.717, 1.165) is 11.1 Å². The highest BCUT2D eigenvalue weighted by Crippen LogP contribution is 2.30. The first kappa shape index (κ1) is 13.6. The van der Waals surface area contributed by atoms with Crippen LogP contribution in [0.1, 0.15) is 25.3 Å². The van der Waals surface area contributed by atoms with Crippen LogP contribution < -0.4 is 0 Å². The van der Waals surface area contributed by atoms with Crippen molar-refractivity contribution in [3.8, 4) is 16.9 Å². The predicted octanol–water partition coefficient (Wildman–Crippen LogP) is 4.84. The Balaban J connectivity index is 2.53. The third kappa shape index (κ3) is 2.95. The number of aromatic nitrogens is 1. The van der Waals surface area contributed by atoms with E-state index in [9.17, 15) is 5.11 Å². The van der Waals surface area contributed by atoms with E-state index < -0.39 is 0 Å². The van der Waals surface area contributed by atoms with Gasteiger partial charge < -0.3 is 5.11 Å². The molecule has 0 saturated carbocycles. The summed E-state index contributed by atoms with van der Waals surface area (Å²) < 4.78 is 0.600. The lowest BCUT2D eigenvalue weighted by atomic mass is 9.98. The van der Waals surface area contributed by atoms with E-state index >= 15 is 0 Å². The standard InChI is InChI=1S/C14H13ClINO/c1-8(2)9-3-10(5-12(15)4-9)11-6-13(18)14(16)17-7-11/h3-8,18H,1-2H3. The predicted molar refractivity (Wildman–Crippen MR) is 83.2 cm³/mol. The van der Waals surface area contributed by atoms with E-state index in [0.29, 0.717) is 14.6 Å². The normalized spacial score (nSPS) is 10.9. The van der Waals surface area contributed by atoms with Gasteiger partial charge in [0, 0.05) is 16.8 Å². The Kier molecular flexibility index (Phi) is 4.12. The lowest BCUT2D eigenvalue weighted by molar-refractivity contribution is 0.468. The minimum Gasteiger partial charge on any atom is -0.505 e. The highest BCUT2D eigenvalue weighted by Gasteiger charge is 2.07. The van der Waals surface area contributed by atoms with E-state index in [1.807, 2.05) is 34.7 Å². The van der Waals surface area contributed by atoms with Crippen LogP contribution in [0.15, 0.2) is 30.5 Å². The van der Waals surface area contributed by atoms with Crippen molar-refractivity contribution in [2.75, 3.05) is 0 Å². The van der Waals surface area contributed by atoms with Crippen molar-refractivity contribution in [3.05, 3.63) is 44.7 Å². The van der Waals surface area contributed by atoms with Crippen LogP contribution in [0.3, 0.4) is 0 Å². The number of hydrogen-bond acceptors (Lipinski definition) is 2. The van der Waals surface area contributed by atoms with Gasteiger partial charge in [0.1, 0.15) is 9.45 Å². The highest BCUT2D eigenvalue weighted by molar-refractivity contribution is 14.1. The molecule has 4 heteroatoms. The van der Waals surface area contributed by atoms with Crippen molar-refractivity contribution < 1.29 is 5.11 Å². The van der Waals surface area contributed by atoms with Gasteiger partial charge >= 0.3 is 0 Å². The van der Waals surface area contributed by atoms with Gasteiger partial charge in [0.2, 0.25) is 0 Å². The molecule has 0 atom stereocenters. The van der Waals surface area contributed by atoms with Crippen LogP contribution in [0, 0.1) is 3.70 Å². The third-order valence-corrected chi connectivity index (χ3v) is 3.79. The van der Waals surface area contributed by atoms with E-state index in [1.165, 1.54) is 5.56 Å². The maximum absolute atomic E-state index is 9.71. The van der Waals surface area contributed by atoms with Gasteiger partial charge in [-0.1, -0.05) is 31.5 Å². The van der Waals surface area contributed by atoms with Crippen molar-refractivity contribution in [2.24, 2.45) is 0 Å². The molecule has 0 aliphatic heterocycles. The Morgan fingerprint density at radius 1 is 1.17 bits per heavy atom. The largest absolute Gasteiger partial charge is 0.505 e. The van der Waals surface area contributed by atoms with Gasteiger partial charge in [0.05, 0.1) is 0 Å². The molecule has 0 amide bonds. The molecule has 2 rings (SSSR count). The van der Waals surface area contributed by atoms with Crippen molar-refractivity contribution >= 4 is 34.2 Å². The molecular formula is C14H13ClINO. The summed E-state index contributed by atoms with van der Waals surface area (Å²) in [5.41, 5.74) is 3.03. The topological polar surface area (TPSA) is 33.1 Å². The Bertz CT molecular complexity index is 584. The summed E-state index contributed by atoms with van der Waals surface area (Å²) in [4.78, 5) is 4.15. The van der Waals surface area contributed by atoms with Gasteiger partial charge in [-0.25, -0.2) is 4.98 Å². The van der Waals surface area contributed by atoms with Gasteiger partial charge in [0.25, 0.3) is 0 Å². The zero-order valence-corrected chi connectivity index (χ0v) is 13.0. The van der Waals surface area contributed by atoms with E-state index in [2.05, 4.69) is 24.9 Å². The number of rotatable bonds is 2. The van der Waals surface area contributed by atoms with E-state index in [1.54, 1.807) is 12.3 Å². The fraction of sp³-hybridized carbons (Fsp3) is 0.214. The van der Waals surface area contributed by atoms with Crippen molar-refractivity contribution in [1.82, 2.24) is 4.98 Å². The number of benzene rings is 1. The first-order valence-corrected chi connectivity index (χ1v) is 7.08. The highest BCUT2D eigenvalue weighted by atomic mass is 127. The molecule has 1 N–H and O–H groups in total. The van der Waals surface area contributed by atoms with Gasteiger partial charge in [-0.05, 0) is 57.8 Å². The minimum absolute atomic E-state index is 0.194. The molecule has 1 aromatic heterocycles. The molecule has 0 radical (unpaired) electrons. The molecule has 0 aliphatic carbocycles. The molecule has 1 aromatic carbocycles. The van der Waals surface area contributed by atoms with Crippen molar-refractivity contribution in [1.29, 1.82) is 0 Å². The summed E-state index contributed by atoms with van der Waals surface area (Å²) in [6, 6.07) is 7.65. The number of aromatic hydroxyl groups is 1. The first-order chi connectivity index (χ1) is 8.47. The summed E-state index contributed by atoms with van der Waals surface area (Å²) in [6.45, 7) is 4.25. The van der Waals surface area contributed by atoms with E-state index in [-0.39, 0.29) is 5.75 Å². The molecule has 2 nitrogen and oxygen atoms in total. The fourth-order valence-corrected chi connectivity index (χ4v) is 2.25. The van der Waals surface area contributed by atoms with E-state index in [4.69, 9.17) is 11.6 Å². The Morgan fingerprint density at radius 2 is 1.89 bits per heavy atom. The average molecular weight is 374 g/mol. The summed E-state index contributed by atoms with van der Waals surface area (Å²) in [5.74, 6) is 0.604. The second kappa shape index (κ2) is 5.45. The average Bonchev–Trinajstić information content (AvgIpc) is 2.31. The van der Waals surface area contributed by atoms with Crippen LogP contribution in [0.2, 0.25) is 5.02 Å². The summed E-state index contributed by atoms with van der Waals surface area (Å²) >= 11 is 8.13. The number of pyridine rings is 1. The summed E-state index contributed by atoms with van der Waals surface area (Å²) in [6.07, 6.45) is 1.75. The smallest absolute Gasteiger partial charge is 0.148 e. The van der Waals surface area contributed by atoms with Gasteiger partial charge in [-0.2, -0.15) is 0 Å². The van der Waals surface area contributed by atoms with Crippen LogP contribution in [0.25, 0.3) is 11.1 Å². The summed E-state index contributed by atoms with van der Waals surface area (Å²) in [7, 11) is 0. The monoisotopic (exact) mass is 373 g/mol. The van der Waals surface area contributed by atoms with Crippen molar-refractivity contribution in [2.45, 2.75) is 19.8 Å². The van der Waals surface area contributed by atoms with Gasteiger partial charge in [-0.3, -0.25) is 0 Å². The molecule has 18 heavy (non-hydrogen) atoms. The number of hydrogen-bond donors (Lipinski definition) is 1. The molecule has 0 fully saturated rings. The Hall–Kier alpha value is -0.810. The lowest BCUT2D eigenvalue weighted by Gasteiger charge is -2.10. The van der Waals surface area contributed by atoms with Crippen LogP contribution in [0.5, 0.6) is 5.75 Å². The Morgan fingerprint density at radius 3 is 2.50 bits per heavy atom. The lowest BCUT2D eigenvalue weighted by Crippen LogP contribution is -1.90. The molecule has 0 unspecified atom stereocenters. The summed E-state index contributed by atoms with van der Waals surface area (Å²) in [5, 5.41) is 10.4. The number of halogens is 2. The number of nitrogens with zero attached hydrogens (tertiary/aromatic N) is 1. The first-order valence-electron chi connectivity index (χ1n) is 5.62. The molecule has 0 bridgehead atoms. The molecule has 94 valence electrons. The second-order valence-electron chi connectivity index (χ2n) is 4.46. The Labute approximate surface area is 125 Å². The van der Waals surface area contributed by atoms with Crippen molar-refractivity contribution in [3.63, 3.8) is 0 Å². The van der Waals surface area contributed by atoms with Crippen LogP contribution in [0.4, 0.5) is 0 Å². The van der Waals surface area contributed by atoms with Crippen LogP contribution in [-0.4, -0.2) is 10.1 Å². The SMILES string of the molecule is CC(C)c1cc(Cl)cc(-c2cnc(I)c(O)c2)c1. The third-order valence-electron chi connectivity index (χ3n) is 2.74. The van der Waals surface area contributed by atoms with Crippen LogP contribution >= 0.6 is 34.2 Å². The maximum Gasteiger partial charge on any atom is 0.148 e. The van der Waals surface area contributed by atoms with Crippen LogP contribution in [-0.2, 0) is 0 Å². The van der Waals surface area contributed by atoms with Gasteiger partial charge in [-0.15, -0.1) is 0 Å². The molecule has 0 spiro atoms. The second-order valence-corrected chi connectivity index (χ2v) is 5.92. The van der Waals surface area contributed by atoms with Gasteiger partial charge in [0.15, 0.2) is 0 Å². The minimum atomic E-state index is 0.194. The molecule has 1 heterocycles. The zero-order chi connectivity index (χ0) is 13.3.